The predicted molar refractivity (Wildman–Crippen MR) is 122 cm³/mol. The van der Waals surface area contributed by atoms with Crippen LogP contribution in [0.25, 0.3) is 16.7 Å². The first-order valence-corrected chi connectivity index (χ1v) is 10.9. The van der Waals surface area contributed by atoms with Gasteiger partial charge >= 0.3 is 0 Å². The molecule has 1 amide bonds. The molecule has 9 heteroatoms. The van der Waals surface area contributed by atoms with Crippen LogP contribution in [0.15, 0.2) is 36.5 Å². The molecule has 166 valence electrons. The van der Waals surface area contributed by atoms with Crippen molar-refractivity contribution in [2.45, 2.75) is 26.8 Å². The summed E-state index contributed by atoms with van der Waals surface area (Å²) in [7, 11) is 0. The van der Waals surface area contributed by atoms with E-state index in [-0.39, 0.29) is 12.3 Å². The van der Waals surface area contributed by atoms with Crippen molar-refractivity contribution in [1.82, 2.24) is 29.0 Å². The van der Waals surface area contributed by atoms with Crippen LogP contribution in [0.4, 0.5) is 5.69 Å². The maximum absolute atomic E-state index is 12.6. The highest BCUT2D eigenvalue weighted by Crippen LogP contribution is 2.21. The van der Waals surface area contributed by atoms with Crippen molar-refractivity contribution < 1.29 is 9.53 Å². The molecule has 3 aromatic heterocycles. The van der Waals surface area contributed by atoms with Gasteiger partial charge in [-0.25, -0.2) is 9.50 Å². The van der Waals surface area contributed by atoms with Gasteiger partial charge in [-0.05, 0) is 44.2 Å². The van der Waals surface area contributed by atoms with Crippen LogP contribution >= 0.6 is 0 Å². The number of anilines is 1. The number of hydrogen-bond donors (Lipinski definition) is 1. The van der Waals surface area contributed by atoms with Crippen molar-refractivity contribution in [2.24, 2.45) is 0 Å². The third-order valence-electron chi connectivity index (χ3n) is 5.80. The van der Waals surface area contributed by atoms with Crippen LogP contribution in [0.2, 0.25) is 0 Å². The molecule has 1 aliphatic heterocycles. The first kappa shape index (κ1) is 20.6. The molecule has 0 spiro atoms. The Morgan fingerprint density at radius 2 is 1.94 bits per heavy atom. The molecule has 4 heterocycles. The van der Waals surface area contributed by atoms with Crippen molar-refractivity contribution in [3.05, 3.63) is 53.7 Å². The summed E-state index contributed by atoms with van der Waals surface area (Å²) in [6.07, 6.45) is 2.20. The molecule has 32 heavy (non-hydrogen) atoms. The second-order valence-corrected chi connectivity index (χ2v) is 8.24. The van der Waals surface area contributed by atoms with Crippen LogP contribution in [0.5, 0.6) is 0 Å². The summed E-state index contributed by atoms with van der Waals surface area (Å²) in [6.45, 7) is 9.42. The van der Waals surface area contributed by atoms with E-state index in [1.165, 1.54) is 0 Å². The molecule has 0 bridgehead atoms. The Morgan fingerprint density at radius 1 is 1.09 bits per heavy atom. The van der Waals surface area contributed by atoms with Crippen molar-refractivity contribution >= 4 is 28.3 Å². The van der Waals surface area contributed by atoms with E-state index in [0.29, 0.717) is 11.6 Å². The molecule has 0 atom stereocenters. The molecule has 0 aliphatic carbocycles. The number of nitrogens with zero attached hydrogens (tertiary/aromatic N) is 6. The van der Waals surface area contributed by atoms with Gasteiger partial charge in [0.1, 0.15) is 0 Å². The lowest BCUT2D eigenvalue weighted by molar-refractivity contribution is -0.115. The van der Waals surface area contributed by atoms with Gasteiger partial charge in [0, 0.05) is 60.4 Å². The molecule has 0 radical (unpaired) electrons. The van der Waals surface area contributed by atoms with Gasteiger partial charge in [0.2, 0.25) is 5.91 Å². The van der Waals surface area contributed by atoms with E-state index in [0.717, 1.165) is 67.4 Å². The molecular formula is C23H27N7O2. The third kappa shape index (κ3) is 4.35. The summed E-state index contributed by atoms with van der Waals surface area (Å²) in [4.78, 5) is 23.8. The number of aryl methyl sites for hydroxylation is 2. The van der Waals surface area contributed by atoms with Gasteiger partial charge in [-0.15, -0.1) is 5.10 Å². The van der Waals surface area contributed by atoms with Crippen LogP contribution in [0.1, 0.15) is 17.2 Å². The zero-order valence-corrected chi connectivity index (χ0v) is 18.4. The van der Waals surface area contributed by atoms with Gasteiger partial charge in [0.15, 0.2) is 5.82 Å². The molecule has 9 nitrogen and oxygen atoms in total. The Balaban J connectivity index is 1.24. The lowest BCUT2D eigenvalue weighted by Gasteiger charge is -2.26. The van der Waals surface area contributed by atoms with Crippen molar-refractivity contribution in [3.63, 3.8) is 0 Å². The largest absolute Gasteiger partial charge is 0.379 e. The van der Waals surface area contributed by atoms with Crippen molar-refractivity contribution in [2.75, 3.05) is 38.2 Å². The number of carbonyl (C=O) groups is 1. The van der Waals surface area contributed by atoms with Gasteiger partial charge in [-0.2, -0.15) is 4.98 Å². The number of nitrogens with one attached hydrogen (secondary N) is 1. The first-order valence-electron chi connectivity index (χ1n) is 10.9. The Morgan fingerprint density at radius 3 is 2.78 bits per heavy atom. The van der Waals surface area contributed by atoms with Crippen LogP contribution in [-0.4, -0.2) is 67.8 Å². The second kappa shape index (κ2) is 8.68. The minimum absolute atomic E-state index is 0.0977. The predicted octanol–water partition coefficient (Wildman–Crippen LogP) is 2.21. The summed E-state index contributed by atoms with van der Waals surface area (Å²) in [5.74, 6) is 0.825. The highest BCUT2D eigenvalue weighted by molar-refractivity contribution is 5.94. The van der Waals surface area contributed by atoms with Crippen molar-refractivity contribution in [3.8, 4) is 0 Å². The molecule has 0 unspecified atom stereocenters. The smallest absolute Gasteiger partial charge is 0.252 e. The lowest BCUT2D eigenvalue weighted by atomic mass is 10.2. The van der Waals surface area contributed by atoms with E-state index in [4.69, 9.17) is 4.74 Å². The molecule has 4 aromatic rings. The number of fused-ring (bicyclic) bond motifs is 2. The minimum Gasteiger partial charge on any atom is -0.379 e. The Labute approximate surface area is 186 Å². The molecule has 5 rings (SSSR count). The monoisotopic (exact) mass is 433 g/mol. The molecule has 1 saturated heterocycles. The number of aromatic nitrogens is 5. The molecule has 0 saturated carbocycles. The molecule has 1 N–H and O–H groups in total. The van der Waals surface area contributed by atoms with Crippen LogP contribution < -0.4 is 5.32 Å². The van der Waals surface area contributed by atoms with Crippen LogP contribution in [-0.2, 0) is 22.5 Å². The van der Waals surface area contributed by atoms with Crippen LogP contribution in [0, 0.1) is 13.8 Å². The topological polar surface area (TPSA) is 89.6 Å². The fourth-order valence-electron chi connectivity index (χ4n) is 4.18. The van der Waals surface area contributed by atoms with E-state index in [1.54, 1.807) is 4.52 Å². The number of carbonyl (C=O) groups excluding carboxylic acids is 1. The standard InChI is InChI=1S/C23H27N7O2/c1-16-13-17(2)30-23(24-16)26-21(27-30)15-22(31)25-19-3-4-20-18(14-19)5-6-29(20)8-7-28-9-11-32-12-10-28/h3-6,13-14H,7-12,15H2,1-2H3,(H,25,31). The molecule has 1 aliphatic rings. The zero-order chi connectivity index (χ0) is 22.1. The average Bonchev–Trinajstić information content (AvgIpc) is 3.36. The number of rotatable bonds is 6. The van der Waals surface area contributed by atoms with E-state index < -0.39 is 0 Å². The van der Waals surface area contributed by atoms with E-state index in [1.807, 2.05) is 32.0 Å². The van der Waals surface area contributed by atoms with Gasteiger partial charge < -0.3 is 14.6 Å². The van der Waals surface area contributed by atoms with Gasteiger partial charge in [-0.1, -0.05) is 0 Å². The average molecular weight is 434 g/mol. The number of benzene rings is 1. The van der Waals surface area contributed by atoms with E-state index >= 15 is 0 Å². The normalized spacial score (nSPS) is 14.9. The maximum atomic E-state index is 12.6. The SMILES string of the molecule is Cc1cc(C)n2nc(CC(=O)Nc3ccc4c(ccn4CCN4CCOCC4)c3)nc2n1. The van der Waals surface area contributed by atoms with Gasteiger partial charge in [-0.3, -0.25) is 9.69 Å². The lowest BCUT2D eigenvalue weighted by Crippen LogP contribution is -2.38. The van der Waals surface area contributed by atoms with E-state index in [9.17, 15) is 4.79 Å². The van der Waals surface area contributed by atoms with Gasteiger partial charge in [0.05, 0.1) is 19.6 Å². The third-order valence-corrected chi connectivity index (χ3v) is 5.80. The Hall–Kier alpha value is -3.30. The summed E-state index contributed by atoms with van der Waals surface area (Å²) < 4.78 is 9.35. The van der Waals surface area contributed by atoms with Gasteiger partial charge in [0.25, 0.3) is 5.78 Å². The fourth-order valence-corrected chi connectivity index (χ4v) is 4.18. The highest BCUT2D eigenvalue weighted by atomic mass is 16.5. The number of ether oxygens (including phenoxy) is 1. The van der Waals surface area contributed by atoms with E-state index in [2.05, 4.69) is 48.2 Å². The highest BCUT2D eigenvalue weighted by Gasteiger charge is 2.13. The number of hydrogen-bond acceptors (Lipinski definition) is 6. The van der Waals surface area contributed by atoms with Crippen LogP contribution in [0.3, 0.4) is 0 Å². The summed E-state index contributed by atoms with van der Waals surface area (Å²) in [5, 5.41) is 8.48. The Bertz CT molecular complexity index is 1270. The minimum atomic E-state index is -0.151. The summed E-state index contributed by atoms with van der Waals surface area (Å²) in [5.41, 5.74) is 3.75. The maximum Gasteiger partial charge on any atom is 0.252 e. The number of amides is 1. The second-order valence-electron chi connectivity index (χ2n) is 8.24. The summed E-state index contributed by atoms with van der Waals surface area (Å²) in [6, 6.07) is 10.0. The summed E-state index contributed by atoms with van der Waals surface area (Å²) >= 11 is 0. The fraction of sp³-hybridized carbons (Fsp3) is 0.391. The molecular weight excluding hydrogens is 406 g/mol. The first-order chi connectivity index (χ1) is 15.5. The quantitative estimate of drug-likeness (QED) is 0.502. The Kier molecular flexibility index (Phi) is 5.59. The number of morpholine rings is 1. The zero-order valence-electron chi connectivity index (χ0n) is 18.4. The molecule has 1 aromatic carbocycles. The van der Waals surface area contributed by atoms with Crippen molar-refractivity contribution in [1.29, 1.82) is 0 Å². The molecule has 1 fully saturated rings.